The molecule has 0 saturated carbocycles. The smallest absolute Gasteiger partial charge is 0.317 e. The number of aryl methyl sites for hydroxylation is 2. The summed E-state index contributed by atoms with van der Waals surface area (Å²) in [7, 11) is 0. The Kier molecular flexibility index (Phi) is 4.55. The number of carbonyl (C=O) groups excluding carboxylic acids is 1. The standard InChI is InChI=1S/C16H22N6O/c1-11-15(12(2)20-19-11)13-7-4-3-5-10-22(13)16(23)18-14-8-6-9-17-21-14/h6,8-9,13H,3-5,7,10H2,1-2H3,(H,19,20)(H,18,21,23). The summed E-state index contributed by atoms with van der Waals surface area (Å²) in [6.45, 7) is 4.74. The van der Waals surface area contributed by atoms with Gasteiger partial charge in [0, 0.05) is 24.0 Å². The number of aromatic amines is 1. The van der Waals surface area contributed by atoms with Crippen molar-refractivity contribution < 1.29 is 4.79 Å². The quantitative estimate of drug-likeness (QED) is 0.892. The van der Waals surface area contributed by atoms with Crippen molar-refractivity contribution in [1.82, 2.24) is 25.3 Å². The van der Waals surface area contributed by atoms with Crippen LogP contribution in [0.15, 0.2) is 18.3 Å². The molecule has 1 aliphatic heterocycles. The molecule has 7 heteroatoms. The highest BCUT2D eigenvalue weighted by atomic mass is 16.2. The lowest BCUT2D eigenvalue weighted by molar-refractivity contribution is 0.189. The lowest BCUT2D eigenvalue weighted by Gasteiger charge is -2.30. The number of rotatable bonds is 2. The second-order valence-electron chi connectivity index (χ2n) is 5.95. The van der Waals surface area contributed by atoms with E-state index in [9.17, 15) is 4.79 Å². The zero-order valence-electron chi connectivity index (χ0n) is 13.5. The average Bonchev–Trinajstić information content (AvgIpc) is 2.76. The number of hydrogen-bond donors (Lipinski definition) is 2. The Bertz CT molecular complexity index is 649. The van der Waals surface area contributed by atoms with Crippen LogP contribution < -0.4 is 5.32 Å². The van der Waals surface area contributed by atoms with Crippen molar-refractivity contribution in [2.24, 2.45) is 0 Å². The van der Waals surface area contributed by atoms with Gasteiger partial charge in [0.05, 0.1) is 11.7 Å². The maximum Gasteiger partial charge on any atom is 0.323 e. The van der Waals surface area contributed by atoms with Gasteiger partial charge < -0.3 is 4.90 Å². The molecule has 122 valence electrons. The molecule has 0 aromatic carbocycles. The van der Waals surface area contributed by atoms with Gasteiger partial charge in [-0.15, -0.1) is 5.10 Å². The number of hydrogen-bond acceptors (Lipinski definition) is 4. The number of nitrogens with one attached hydrogen (secondary N) is 2. The van der Waals surface area contributed by atoms with E-state index in [1.54, 1.807) is 18.3 Å². The molecule has 0 spiro atoms. The van der Waals surface area contributed by atoms with E-state index in [1.165, 1.54) is 0 Å². The summed E-state index contributed by atoms with van der Waals surface area (Å²) >= 11 is 0. The highest BCUT2D eigenvalue weighted by molar-refractivity contribution is 5.88. The minimum absolute atomic E-state index is 0.0490. The van der Waals surface area contributed by atoms with Crippen molar-refractivity contribution in [2.45, 2.75) is 45.6 Å². The Morgan fingerprint density at radius 3 is 2.91 bits per heavy atom. The summed E-state index contributed by atoms with van der Waals surface area (Å²) in [5.74, 6) is 0.473. The van der Waals surface area contributed by atoms with E-state index in [0.717, 1.165) is 49.2 Å². The summed E-state index contributed by atoms with van der Waals surface area (Å²) in [6, 6.07) is 3.42. The fourth-order valence-corrected chi connectivity index (χ4v) is 3.25. The fraction of sp³-hybridized carbons (Fsp3) is 0.500. The van der Waals surface area contributed by atoms with E-state index < -0.39 is 0 Å². The van der Waals surface area contributed by atoms with Crippen LogP contribution in [0.1, 0.15) is 48.7 Å². The van der Waals surface area contributed by atoms with Crippen molar-refractivity contribution >= 4 is 11.8 Å². The number of likely N-dealkylation sites (tertiary alicyclic amines) is 1. The second kappa shape index (κ2) is 6.76. The fourth-order valence-electron chi connectivity index (χ4n) is 3.25. The molecular weight excluding hydrogens is 292 g/mol. The molecule has 1 atom stereocenters. The molecule has 2 N–H and O–H groups in total. The molecule has 0 radical (unpaired) electrons. The first-order chi connectivity index (χ1) is 11.2. The summed E-state index contributed by atoms with van der Waals surface area (Å²) in [4.78, 5) is 14.7. The van der Waals surface area contributed by atoms with E-state index in [1.807, 2.05) is 18.7 Å². The topological polar surface area (TPSA) is 86.8 Å². The zero-order valence-corrected chi connectivity index (χ0v) is 13.5. The minimum atomic E-state index is -0.127. The number of aromatic nitrogens is 4. The Labute approximate surface area is 135 Å². The molecule has 7 nitrogen and oxygen atoms in total. The van der Waals surface area contributed by atoms with Gasteiger partial charge in [-0.25, -0.2) is 4.79 Å². The van der Waals surface area contributed by atoms with Gasteiger partial charge in [-0.05, 0) is 38.8 Å². The number of anilines is 1. The second-order valence-corrected chi connectivity index (χ2v) is 5.95. The Morgan fingerprint density at radius 2 is 2.22 bits per heavy atom. The first kappa shape index (κ1) is 15.5. The first-order valence-electron chi connectivity index (χ1n) is 8.03. The molecule has 0 bridgehead atoms. The minimum Gasteiger partial charge on any atom is -0.317 e. The lowest BCUT2D eigenvalue weighted by Crippen LogP contribution is -2.38. The van der Waals surface area contributed by atoms with Crippen molar-refractivity contribution in [3.05, 3.63) is 35.3 Å². The van der Waals surface area contributed by atoms with E-state index >= 15 is 0 Å². The molecule has 1 fully saturated rings. The van der Waals surface area contributed by atoms with Gasteiger partial charge in [-0.1, -0.05) is 12.8 Å². The van der Waals surface area contributed by atoms with Crippen LogP contribution >= 0.6 is 0 Å². The molecule has 2 amide bonds. The number of urea groups is 1. The van der Waals surface area contributed by atoms with Gasteiger partial charge in [-0.2, -0.15) is 10.2 Å². The van der Waals surface area contributed by atoms with E-state index in [4.69, 9.17) is 0 Å². The monoisotopic (exact) mass is 314 g/mol. The predicted octanol–water partition coefficient (Wildman–Crippen LogP) is 2.97. The number of amides is 2. The zero-order chi connectivity index (χ0) is 16.2. The van der Waals surface area contributed by atoms with Crippen LogP contribution in [0.2, 0.25) is 0 Å². The molecule has 1 unspecified atom stereocenters. The van der Waals surface area contributed by atoms with Gasteiger partial charge in [0.15, 0.2) is 5.82 Å². The highest BCUT2D eigenvalue weighted by Crippen LogP contribution is 2.33. The maximum atomic E-state index is 12.8. The summed E-state index contributed by atoms with van der Waals surface area (Å²) in [5, 5.41) is 17.9. The van der Waals surface area contributed by atoms with Crippen molar-refractivity contribution in [1.29, 1.82) is 0 Å². The van der Waals surface area contributed by atoms with Gasteiger partial charge in [-0.3, -0.25) is 10.4 Å². The van der Waals surface area contributed by atoms with Gasteiger partial charge in [0.2, 0.25) is 0 Å². The molecule has 0 aliphatic carbocycles. The largest absolute Gasteiger partial charge is 0.323 e. The third kappa shape index (κ3) is 3.33. The van der Waals surface area contributed by atoms with Crippen LogP contribution in [0.5, 0.6) is 0 Å². The molecule has 3 rings (SSSR count). The third-order valence-electron chi connectivity index (χ3n) is 4.34. The third-order valence-corrected chi connectivity index (χ3v) is 4.34. The predicted molar refractivity (Wildman–Crippen MR) is 87.0 cm³/mol. The first-order valence-corrected chi connectivity index (χ1v) is 8.03. The molecular formula is C16H22N6O. The highest BCUT2D eigenvalue weighted by Gasteiger charge is 2.30. The van der Waals surface area contributed by atoms with Gasteiger partial charge >= 0.3 is 6.03 Å². The molecule has 1 saturated heterocycles. The van der Waals surface area contributed by atoms with Crippen LogP contribution in [0, 0.1) is 13.8 Å². The van der Waals surface area contributed by atoms with E-state index in [2.05, 4.69) is 25.7 Å². The summed E-state index contributed by atoms with van der Waals surface area (Å²) in [5.41, 5.74) is 3.14. The van der Waals surface area contributed by atoms with Crippen LogP contribution in [0.4, 0.5) is 10.6 Å². The molecule has 2 aromatic heterocycles. The lowest BCUT2D eigenvalue weighted by atomic mass is 9.99. The van der Waals surface area contributed by atoms with Gasteiger partial charge in [0.25, 0.3) is 0 Å². The Hall–Kier alpha value is -2.44. The SMILES string of the molecule is Cc1n[nH]c(C)c1C1CCCCCN1C(=O)Nc1cccnn1. The maximum absolute atomic E-state index is 12.8. The normalized spacial score (nSPS) is 18.5. The Morgan fingerprint density at radius 1 is 1.35 bits per heavy atom. The molecule has 3 heterocycles. The molecule has 2 aromatic rings. The van der Waals surface area contributed by atoms with Crippen molar-refractivity contribution in [2.75, 3.05) is 11.9 Å². The molecule has 1 aliphatic rings. The number of carbonyl (C=O) groups is 1. The average molecular weight is 314 g/mol. The molecule has 23 heavy (non-hydrogen) atoms. The van der Waals surface area contributed by atoms with Crippen LogP contribution in [0.25, 0.3) is 0 Å². The number of H-pyrrole nitrogens is 1. The van der Waals surface area contributed by atoms with Crippen LogP contribution in [-0.4, -0.2) is 37.9 Å². The van der Waals surface area contributed by atoms with Crippen molar-refractivity contribution in [3.8, 4) is 0 Å². The van der Waals surface area contributed by atoms with Crippen LogP contribution in [-0.2, 0) is 0 Å². The van der Waals surface area contributed by atoms with Crippen LogP contribution in [0.3, 0.4) is 0 Å². The van der Waals surface area contributed by atoms with E-state index in [0.29, 0.717) is 5.82 Å². The number of nitrogens with zero attached hydrogens (tertiary/aromatic N) is 4. The summed E-state index contributed by atoms with van der Waals surface area (Å²) in [6.07, 6.45) is 5.81. The summed E-state index contributed by atoms with van der Waals surface area (Å²) < 4.78 is 0. The van der Waals surface area contributed by atoms with Crippen molar-refractivity contribution in [3.63, 3.8) is 0 Å². The Balaban J connectivity index is 1.85. The van der Waals surface area contributed by atoms with E-state index in [-0.39, 0.29) is 12.1 Å². The van der Waals surface area contributed by atoms with Gasteiger partial charge in [0.1, 0.15) is 0 Å².